The monoisotopic (exact) mass is 212 g/mol. The van der Waals surface area contributed by atoms with E-state index in [-0.39, 0.29) is 33.9 Å². The Morgan fingerprint density at radius 2 is 1.20 bits per heavy atom. The van der Waals surface area contributed by atoms with Crippen molar-refractivity contribution in [3.8, 4) is 0 Å². The summed E-state index contributed by atoms with van der Waals surface area (Å²) in [5, 5.41) is 0. The van der Waals surface area contributed by atoms with E-state index in [1.807, 2.05) is 0 Å². The fraction of sp³-hybridized carbons (Fsp3) is 0. The van der Waals surface area contributed by atoms with Crippen LogP contribution < -0.4 is 0 Å². The normalized spacial score (nSPS) is 2.40. The number of hydrogen-bond donors (Lipinski definition) is 0. The van der Waals surface area contributed by atoms with E-state index in [1.165, 1.54) is 0 Å². The molecule has 0 aromatic heterocycles. The van der Waals surface area contributed by atoms with Gasteiger partial charge in [0.2, 0.25) is 0 Å². The number of rotatable bonds is 0. The van der Waals surface area contributed by atoms with Gasteiger partial charge in [0.25, 0.3) is 0 Å². The second-order valence-corrected chi connectivity index (χ2v) is 3.62. The van der Waals surface area contributed by atoms with Crippen LogP contribution in [0.5, 0.6) is 0 Å². The van der Waals surface area contributed by atoms with Crippen molar-refractivity contribution in [2.75, 3.05) is 0 Å². The van der Waals surface area contributed by atoms with Crippen molar-refractivity contribution >= 4 is 33.1 Å². The summed E-state index contributed by atoms with van der Waals surface area (Å²) < 4.78 is 0. The van der Waals surface area contributed by atoms with Crippen LogP contribution in [0.4, 0.5) is 0 Å². The molecule has 34 valence electrons. The first-order valence-corrected chi connectivity index (χ1v) is 5.92. The van der Waals surface area contributed by atoms with Gasteiger partial charge in [0, 0.05) is 0 Å². The Kier molecular flexibility index (Phi) is 58.0. The van der Waals surface area contributed by atoms with Crippen LogP contribution in [0.3, 0.4) is 0 Å². The zero-order valence-electron chi connectivity index (χ0n) is 2.12. The fourth-order valence-corrected chi connectivity index (χ4v) is 0. The van der Waals surface area contributed by atoms with E-state index in [9.17, 15) is 0 Å². The molecule has 0 heterocycles. The van der Waals surface area contributed by atoms with E-state index < -0.39 is 0 Å². The summed E-state index contributed by atoms with van der Waals surface area (Å²) in [7, 11) is 8.68. The third kappa shape index (κ3) is 31.1. The summed E-state index contributed by atoms with van der Waals surface area (Å²) in [6.07, 6.45) is 0. The standard InChI is InChI=1S/Mo.H2O.H2S.2S/h;2*1H2;;/p-2. The summed E-state index contributed by atoms with van der Waals surface area (Å²) in [6.45, 7) is 0. The van der Waals surface area contributed by atoms with Crippen LogP contribution in [0.1, 0.15) is 0 Å². The fourth-order valence-electron chi connectivity index (χ4n) is 0. The maximum atomic E-state index is 4.34. The van der Waals surface area contributed by atoms with Crippen molar-refractivity contribution in [1.29, 1.82) is 0 Å². The summed E-state index contributed by atoms with van der Waals surface area (Å²) in [5.74, 6) is 0. The van der Waals surface area contributed by atoms with Crippen molar-refractivity contribution in [2.45, 2.75) is 0 Å². The molecular weight excluding hydrogens is 208 g/mol. The topological polar surface area (TPSA) is 30.0 Å². The molecule has 0 aromatic carbocycles. The quantitative estimate of drug-likeness (QED) is 0.337. The molecule has 0 spiro atoms. The molecule has 0 bridgehead atoms. The first kappa shape index (κ1) is 16.1. The van der Waals surface area contributed by atoms with Gasteiger partial charge < -0.3 is 19.0 Å². The van der Waals surface area contributed by atoms with Gasteiger partial charge >= 0.3 is 34.6 Å². The van der Waals surface area contributed by atoms with E-state index >= 15 is 0 Å². The minimum atomic E-state index is -0.363. The Hall–Kier alpha value is 1.44. The Balaban J connectivity index is -0.0000000200. The predicted octanol–water partition coefficient (Wildman–Crippen LogP) is 0.847. The van der Waals surface area contributed by atoms with Gasteiger partial charge in [-0.25, -0.2) is 0 Å². The second-order valence-electron chi connectivity index (χ2n) is 0.0680. The second kappa shape index (κ2) is 18.0. The Bertz CT molecular complexity index is 27.9. The molecule has 1 N–H and O–H groups in total. The van der Waals surface area contributed by atoms with Crippen LogP contribution >= 0.6 is 19.6 Å². The van der Waals surface area contributed by atoms with Crippen molar-refractivity contribution < 1.29 is 20.4 Å². The minimum absolute atomic E-state index is 0. The van der Waals surface area contributed by atoms with Crippen molar-refractivity contribution in [3.63, 3.8) is 0 Å². The van der Waals surface area contributed by atoms with Gasteiger partial charge in [-0.3, -0.25) is 0 Å². The molecule has 0 aliphatic carbocycles. The zero-order valence-corrected chi connectivity index (χ0v) is 6.65. The summed E-state index contributed by atoms with van der Waals surface area (Å²) in [4.78, 5) is 0. The molecule has 0 aliphatic rings. The number of thiol groups is 1. The van der Waals surface area contributed by atoms with Crippen LogP contribution in [0.25, 0.3) is 0 Å². The van der Waals surface area contributed by atoms with Gasteiger partial charge in [0.1, 0.15) is 0 Å². The van der Waals surface area contributed by atoms with E-state index in [4.69, 9.17) is 0 Å². The van der Waals surface area contributed by atoms with Gasteiger partial charge in [0.15, 0.2) is 0 Å². The van der Waals surface area contributed by atoms with Crippen LogP contribution in [-0.2, 0) is 28.4 Å². The third-order valence-corrected chi connectivity index (χ3v) is 0. The Labute approximate surface area is 53.3 Å². The average Bonchev–Trinajstić information content (AvgIpc) is 0.918. The van der Waals surface area contributed by atoms with E-state index in [2.05, 4.69) is 19.6 Å². The molecule has 0 aliphatic heterocycles. The van der Waals surface area contributed by atoms with Gasteiger partial charge in [-0.2, -0.15) is 0 Å². The third-order valence-electron chi connectivity index (χ3n) is 0. The van der Waals surface area contributed by atoms with Crippen LogP contribution in [0.15, 0.2) is 0 Å². The molecule has 5 heteroatoms. The molecule has 0 unspecified atom stereocenters. The van der Waals surface area contributed by atoms with Crippen molar-refractivity contribution in [3.05, 3.63) is 0 Å². The van der Waals surface area contributed by atoms with Crippen LogP contribution in [0, 0.1) is 0 Å². The zero-order chi connectivity index (χ0) is 2.71. The predicted molar refractivity (Wildman–Crippen MR) is 25.9 cm³/mol. The van der Waals surface area contributed by atoms with E-state index in [1.54, 1.807) is 0 Å². The van der Waals surface area contributed by atoms with Gasteiger partial charge in [-0.15, -0.1) is 0 Å². The Morgan fingerprint density at radius 1 is 1.20 bits per heavy atom. The Morgan fingerprint density at radius 3 is 1.20 bits per heavy atom. The van der Waals surface area contributed by atoms with Gasteiger partial charge in [0.05, 0.1) is 0 Å². The van der Waals surface area contributed by atoms with Crippen LogP contribution in [0.2, 0.25) is 0 Å². The summed E-state index contributed by atoms with van der Waals surface area (Å²) in [6, 6.07) is 0. The number of hydrogen-bond acceptors (Lipinski definition) is 4. The summed E-state index contributed by atoms with van der Waals surface area (Å²) >= 11 is -0.363. The first-order chi connectivity index (χ1) is 1.41. The molecule has 1 nitrogen and oxygen atoms in total. The van der Waals surface area contributed by atoms with Gasteiger partial charge in [-0.1, -0.05) is 0 Å². The molecule has 0 aromatic rings. The maximum absolute atomic E-state index is 4.34. The van der Waals surface area contributed by atoms with Crippen molar-refractivity contribution in [1.82, 2.24) is 0 Å². The first-order valence-electron chi connectivity index (χ1n) is 0.333. The SMILES string of the molecule is [OH-].[SH-].[S]=[Mo]=[S]. The molecule has 0 rings (SSSR count). The van der Waals surface area contributed by atoms with Crippen LogP contribution in [-0.4, -0.2) is 5.48 Å². The average molecular weight is 210 g/mol. The van der Waals surface area contributed by atoms with Gasteiger partial charge in [-0.05, 0) is 0 Å². The molecule has 0 saturated heterocycles. The summed E-state index contributed by atoms with van der Waals surface area (Å²) in [5.41, 5.74) is 0. The molecule has 5 heavy (non-hydrogen) atoms. The molecular formula is H2MoOS3-2. The molecule has 0 radical (unpaired) electrons. The molecule has 0 atom stereocenters. The molecule has 0 saturated carbocycles. The molecule has 0 amide bonds. The van der Waals surface area contributed by atoms with Crippen molar-refractivity contribution in [2.24, 2.45) is 0 Å². The van der Waals surface area contributed by atoms with E-state index in [0.717, 1.165) is 0 Å². The van der Waals surface area contributed by atoms with E-state index in [0.29, 0.717) is 0 Å². The molecule has 0 fully saturated rings.